The number of ether oxygens (including phenoxy) is 2. The van der Waals surface area contributed by atoms with Crippen LogP contribution >= 0.6 is 0 Å². The van der Waals surface area contributed by atoms with E-state index in [-0.39, 0.29) is 37.6 Å². The largest absolute Gasteiger partial charge is 0.465 e. The molecule has 172 valence electrons. The summed E-state index contributed by atoms with van der Waals surface area (Å²) in [6.45, 7) is 11.9. The van der Waals surface area contributed by atoms with Gasteiger partial charge in [0.1, 0.15) is 11.6 Å². The van der Waals surface area contributed by atoms with Crippen LogP contribution in [0.15, 0.2) is 25.3 Å². The number of carbonyl (C=O) groups is 3. The Balaban J connectivity index is 1.96. The zero-order chi connectivity index (χ0) is 22.8. The summed E-state index contributed by atoms with van der Waals surface area (Å²) in [5.41, 5.74) is -1.04. The Labute approximate surface area is 183 Å². The Morgan fingerprint density at radius 2 is 2.13 bits per heavy atom. The fourth-order valence-electron chi connectivity index (χ4n) is 5.37. The first-order valence-corrected chi connectivity index (χ1v) is 11.1. The zero-order valence-corrected chi connectivity index (χ0v) is 18.5. The molecule has 0 aliphatic carbocycles. The average Bonchev–Trinajstić information content (AvgIpc) is 3.37. The van der Waals surface area contributed by atoms with E-state index in [0.717, 1.165) is 0 Å². The topological polar surface area (TPSA) is 96.4 Å². The van der Waals surface area contributed by atoms with Crippen molar-refractivity contribution < 1.29 is 29.0 Å². The van der Waals surface area contributed by atoms with Gasteiger partial charge in [0.2, 0.25) is 11.8 Å². The monoisotopic (exact) mass is 434 g/mol. The van der Waals surface area contributed by atoms with E-state index in [1.807, 2.05) is 13.8 Å². The van der Waals surface area contributed by atoms with Gasteiger partial charge < -0.3 is 24.4 Å². The maximum Gasteiger partial charge on any atom is 0.312 e. The van der Waals surface area contributed by atoms with E-state index in [0.29, 0.717) is 32.2 Å². The van der Waals surface area contributed by atoms with Gasteiger partial charge in [-0.1, -0.05) is 12.2 Å². The number of amides is 2. The van der Waals surface area contributed by atoms with Gasteiger partial charge in [-0.25, -0.2) is 0 Å². The summed E-state index contributed by atoms with van der Waals surface area (Å²) in [5, 5.41) is 9.35. The third kappa shape index (κ3) is 3.91. The van der Waals surface area contributed by atoms with Crippen molar-refractivity contribution in [3.63, 3.8) is 0 Å². The SMILES string of the molecule is C=CCCOC(=O)[C@@H]1[C@@H]2CCC3(O2)C(C(=O)N(CC=C)C(C)C)N(CCCO)C(=O)[C@H]13. The number of fused-ring (bicyclic) bond motifs is 1. The quantitative estimate of drug-likeness (QED) is 0.299. The zero-order valence-electron chi connectivity index (χ0n) is 18.5. The number of esters is 1. The van der Waals surface area contributed by atoms with E-state index in [9.17, 15) is 19.5 Å². The molecule has 1 spiro atoms. The number of likely N-dealkylation sites (tertiary alicyclic amines) is 1. The number of hydrogen-bond donors (Lipinski definition) is 1. The number of aliphatic hydroxyl groups excluding tert-OH is 1. The molecule has 0 aromatic rings. The van der Waals surface area contributed by atoms with Gasteiger partial charge >= 0.3 is 5.97 Å². The van der Waals surface area contributed by atoms with Gasteiger partial charge in [0.15, 0.2) is 0 Å². The predicted molar refractivity (Wildman–Crippen MR) is 114 cm³/mol. The van der Waals surface area contributed by atoms with E-state index < -0.39 is 35.6 Å². The first-order valence-electron chi connectivity index (χ1n) is 11.1. The van der Waals surface area contributed by atoms with Gasteiger partial charge in [-0.3, -0.25) is 14.4 Å². The average molecular weight is 435 g/mol. The predicted octanol–water partition coefficient (Wildman–Crippen LogP) is 1.29. The standard InChI is InChI=1S/C23H34N2O6/c1-5-7-14-30-22(29)17-16-9-10-23(31-16)18(17)20(27)25(12-8-13-26)19(23)21(28)24(11-6-2)15(3)4/h5-6,15-19,26H,1-2,7-14H2,3-4H3/t16-,17+,18-,19?,23?/m0/s1. The second kappa shape index (κ2) is 9.53. The molecule has 8 heteroatoms. The second-order valence-corrected chi connectivity index (χ2v) is 8.78. The molecule has 3 aliphatic heterocycles. The maximum atomic E-state index is 13.7. The van der Waals surface area contributed by atoms with Crippen molar-refractivity contribution in [3.05, 3.63) is 25.3 Å². The minimum absolute atomic E-state index is 0.0889. The third-order valence-electron chi connectivity index (χ3n) is 6.66. The van der Waals surface area contributed by atoms with Crippen molar-refractivity contribution in [3.8, 4) is 0 Å². The summed E-state index contributed by atoms with van der Waals surface area (Å²) in [5.74, 6) is -2.37. The highest BCUT2D eigenvalue weighted by atomic mass is 16.6. The fraction of sp³-hybridized carbons (Fsp3) is 0.696. The highest BCUT2D eigenvalue weighted by Crippen LogP contribution is 2.58. The maximum absolute atomic E-state index is 13.7. The summed E-state index contributed by atoms with van der Waals surface area (Å²) in [7, 11) is 0. The van der Waals surface area contributed by atoms with Crippen LogP contribution in [-0.2, 0) is 23.9 Å². The van der Waals surface area contributed by atoms with Crippen LogP contribution in [0.25, 0.3) is 0 Å². The lowest BCUT2D eigenvalue weighted by atomic mass is 9.70. The minimum Gasteiger partial charge on any atom is -0.465 e. The molecule has 0 saturated carbocycles. The fourth-order valence-corrected chi connectivity index (χ4v) is 5.37. The van der Waals surface area contributed by atoms with Gasteiger partial charge in [0, 0.05) is 25.7 Å². The Hall–Kier alpha value is -2.19. The number of carbonyl (C=O) groups excluding carboxylic acids is 3. The molecule has 1 N–H and O–H groups in total. The highest BCUT2D eigenvalue weighted by Gasteiger charge is 2.75. The van der Waals surface area contributed by atoms with Crippen molar-refractivity contribution in [2.45, 2.75) is 63.3 Å². The molecule has 0 radical (unpaired) electrons. The van der Waals surface area contributed by atoms with Crippen LogP contribution in [0.3, 0.4) is 0 Å². The smallest absolute Gasteiger partial charge is 0.312 e. The second-order valence-electron chi connectivity index (χ2n) is 8.78. The first kappa shape index (κ1) is 23.5. The summed E-state index contributed by atoms with van der Waals surface area (Å²) in [4.78, 5) is 43.3. The molecule has 8 nitrogen and oxygen atoms in total. The van der Waals surface area contributed by atoms with Crippen molar-refractivity contribution in [1.29, 1.82) is 0 Å². The molecule has 5 atom stereocenters. The Morgan fingerprint density at radius 3 is 2.74 bits per heavy atom. The summed E-state index contributed by atoms with van der Waals surface area (Å²) in [6, 6.07) is -0.913. The molecular formula is C23H34N2O6. The van der Waals surface area contributed by atoms with Gasteiger partial charge in [-0.15, -0.1) is 13.2 Å². The number of aliphatic hydroxyl groups is 1. The number of hydrogen-bond acceptors (Lipinski definition) is 6. The minimum atomic E-state index is -1.04. The van der Waals surface area contributed by atoms with Crippen LogP contribution in [0.1, 0.15) is 39.5 Å². The van der Waals surface area contributed by atoms with Crippen molar-refractivity contribution in [2.75, 3.05) is 26.3 Å². The van der Waals surface area contributed by atoms with Crippen LogP contribution in [0.5, 0.6) is 0 Å². The van der Waals surface area contributed by atoms with Crippen LogP contribution in [0.4, 0.5) is 0 Å². The molecule has 3 aliphatic rings. The van der Waals surface area contributed by atoms with Crippen LogP contribution in [0.2, 0.25) is 0 Å². The summed E-state index contributed by atoms with van der Waals surface area (Å²) < 4.78 is 11.7. The van der Waals surface area contributed by atoms with Crippen LogP contribution in [-0.4, -0.2) is 82.8 Å². The Morgan fingerprint density at radius 1 is 1.39 bits per heavy atom. The van der Waals surface area contributed by atoms with E-state index in [2.05, 4.69) is 13.2 Å². The van der Waals surface area contributed by atoms with Crippen LogP contribution < -0.4 is 0 Å². The highest BCUT2D eigenvalue weighted by molar-refractivity contribution is 5.98. The molecule has 3 saturated heterocycles. The van der Waals surface area contributed by atoms with E-state index in [1.165, 1.54) is 4.90 Å². The van der Waals surface area contributed by atoms with Crippen molar-refractivity contribution >= 4 is 17.8 Å². The van der Waals surface area contributed by atoms with E-state index in [1.54, 1.807) is 17.1 Å². The molecule has 2 unspecified atom stereocenters. The van der Waals surface area contributed by atoms with Crippen molar-refractivity contribution in [1.82, 2.24) is 9.80 Å². The van der Waals surface area contributed by atoms with Crippen molar-refractivity contribution in [2.24, 2.45) is 11.8 Å². The summed E-state index contributed by atoms with van der Waals surface area (Å²) in [6.07, 6.45) is 4.92. The van der Waals surface area contributed by atoms with Gasteiger partial charge in [0.25, 0.3) is 0 Å². The summed E-state index contributed by atoms with van der Waals surface area (Å²) >= 11 is 0. The van der Waals surface area contributed by atoms with E-state index >= 15 is 0 Å². The molecule has 0 aromatic heterocycles. The third-order valence-corrected chi connectivity index (χ3v) is 6.66. The Kier molecular flexibility index (Phi) is 7.21. The van der Waals surface area contributed by atoms with Gasteiger partial charge in [0.05, 0.1) is 24.5 Å². The van der Waals surface area contributed by atoms with Gasteiger partial charge in [-0.05, 0) is 39.5 Å². The number of rotatable bonds is 11. The molecule has 0 aromatic carbocycles. The lowest BCUT2D eigenvalue weighted by molar-refractivity contribution is -0.155. The molecule has 3 fully saturated rings. The first-order chi connectivity index (χ1) is 14.8. The molecule has 3 rings (SSSR count). The molecule has 3 heterocycles. The lowest BCUT2D eigenvalue weighted by Gasteiger charge is -2.38. The molecule has 2 amide bonds. The van der Waals surface area contributed by atoms with Crippen LogP contribution in [0, 0.1) is 11.8 Å². The van der Waals surface area contributed by atoms with Gasteiger partial charge in [-0.2, -0.15) is 0 Å². The Bertz CT molecular complexity index is 738. The van der Waals surface area contributed by atoms with E-state index in [4.69, 9.17) is 9.47 Å². The molecule has 2 bridgehead atoms. The number of nitrogens with zero attached hydrogens (tertiary/aromatic N) is 2. The molecular weight excluding hydrogens is 400 g/mol. The normalized spacial score (nSPS) is 31.1. The lowest BCUT2D eigenvalue weighted by Crippen LogP contribution is -2.57. The molecule has 31 heavy (non-hydrogen) atoms.